The lowest BCUT2D eigenvalue weighted by Gasteiger charge is -2.28. The van der Waals surface area contributed by atoms with Crippen molar-refractivity contribution in [1.29, 1.82) is 0 Å². The Hall–Kier alpha value is -3.80. The molecule has 2 N–H and O–H groups in total. The molecule has 0 spiro atoms. The average Bonchev–Trinajstić information content (AvgIpc) is 3.39. The molecule has 0 aromatic carbocycles. The number of aliphatic carboxylic acids is 1. The van der Waals surface area contributed by atoms with Crippen LogP contribution < -0.4 is 20.5 Å². The summed E-state index contributed by atoms with van der Waals surface area (Å²) >= 11 is 0. The van der Waals surface area contributed by atoms with Gasteiger partial charge in [0.15, 0.2) is 11.2 Å². The van der Waals surface area contributed by atoms with Crippen LogP contribution in [0.25, 0.3) is 11.2 Å². The Morgan fingerprint density at radius 3 is 2.49 bits per heavy atom. The molecule has 1 atom stereocenters. The van der Waals surface area contributed by atoms with E-state index in [4.69, 9.17) is 19.4 Å². The summed E-state index contributed by atoms with van der Waals surface area (Å²) in [5, 5.41) is 10.4. The molecule has 4 heterocycles. The van der Waals surface area contributed by atoms with Crippen molar-refractivity contribution < 1.29 is 37.3 Å². The number of aromatic nitrogens is 4. The van der Waals surface area contributed by atoms with Gasteiger partial charge in [-0.05, 0) is 6.92 Å². The lowest BCUT2D eigenvalue weighted by molar-refractivity contribution is -0.192. The number of rotatable bonds is 4. The number of ether oxygens (including phenoxy) is 2. The van der Waals surface area contributed by atoms with Crippen molar-refractivity contribution in [2.75, 3.05) is 37.7 Å². The van der Waals surface area contributed by atoms with E-state index >= 15 is 0 Å². The first kappa shape index (κ1) is 25.8. The van der Waals surface area contributed by atoms with Gasteiger partial charge in [-0.2, -0.15) is 23.1 Å². The van der Waals surface area contributed by atoms with Crippen LogP contribution in [0.2, 0.25) is 0 Å². The Labute approximate surface area is 196 Å². The third-order valence-electron chi connectivity index (χ3n) is 5.12. The second-order valence-electron chi connectivity index (χ2n) is 7.46. The number of hydrogen-bond donors (Lipinski definition) is 2. The van der Waals surface area contributed by atoms with E-state index < -0.39 is 24.2 Å². The highest BCUT2D eigenvalue weighted by atomic mass is 19.4. The number of halogens is 3. The zero-order valence-electron chi connectivity index (χ0n) is 18.9. The second kappa shape index (κ2) is 10.6. The van der Waals surface area contributed by atoms with Crippen LogP contribution in [0.4, 0.5) is 19.1 Å². The molecule has 2 saturated heterocycles. The number of anilines is 1. The van der Waals surface area contributed by atoms with Crippen LogP contribution >= 0.6 is 0 Å². The summed E-state index contributed by atoms with van der Waals surface area (Å²) in [5.74, 6) is 3.34. The summed E-state index contributed by atoms with van der Waals surface area (Å²) in [4.78, 5) is 44.8. The lowest BCUT2D eigenvalue weighted by atomic mass is 10.3. The van der Waals surface area contributed by atoms with E-state index in [2.05, 4.69) is 32.0 Å². The van der Waals surface area contributed by atoms with Gasteiger partial charge in [0, 0.05) is 39.6 Å². The SMILES string of the molecule is CC#CCn1c(N2CCNCC2)nc2nc(OC3CCOC3=O)n(C)c(=O)c21.O=C(O)C(F)(F)F. The summed E-state index contributed by atoms with van der Waals surface area (Å²) in [6, 6.07) is 0.0550. The number of imidazole rings is 1. The molecule has 0 saturated carbocycles. The number of hydrogen-bond acceptors (Lipinski definition) is 9. The number of carboxylic acids is 1. The number of carbonyl (C=O) groups excluding carboxylic acids is 1. The standard InChI is InChI=1S/C18H22N6O4.C2HF3O2/c1-3-4-8-24-13-14(20-17(24)23-9-6-19-7-10-23)21-18(22(2)15(13)25)28-12-5-11-27-16(12)26;3-2(4,5)1(6)7/h12,19H,5-11H2,1-2H3;(H,6,7). The quantitative estimate of drug-likeness (QED) is 0.432. The number of nitrogens with one attached hydrogen (secondary N) is 1. The largest absolute Gasteiger partial charge is 0.490 e. The van der Waals surface area contributed by atoms with Gasteiger partial charge in [0.1, 0.15) is 0 Å². The molecule has 2 aromatic rings. The van der Waals surface area contributed by atoms with Crippen molar-refractivity contribution >= 4 is 29.1 Å². The zero-order chi connectivity index (χ0) is 25.8. The number of esters is 1. The minimum Gasteiger partial charge on any atom is -0.475 e. The minimum atomic E-state index is -5.08. The smallest absolute Gasteiger partial charge is 0.475 e. The number of piperazine rings is 1. The number of alkyl halides is 3. The van der Waals surface area contributed by atoms with E-state index in [0.29, 0.717) is 31.0 Å². The molecule has 0 aliphatic carbocycles. The first-order chi connectivity index (χ1) is 16.5. The maximum absolute atomic E-state index is 13.1. The highest BCUT2D eigenvalue weighted by Gasteiger charge is 2.38. The van der Waals surface area contributed by atoms with Crippen molar-refractivity contribution in [3.63, 3.8) is 0 Å². The maximum Gasteiger partial charge on any atom is 0.490 e. The van der Waals surface area contributed by atoms with Gasteiger partial charge < -0.3 is 24.8 Å². The van der Waals surface area contributed by atoms with Crippen LogP contribution in [0, 0.1) is 11.8 Å². The Balaban J connectivity index is 0.000000429. The van der Waals surface area contributed by atoms with Gasteiger partial charge in [0.25, 0.3) is 5.56 Å². The van der Waals surface area contributed by atoms with Crippen molar-refractivity contribution in [1.82, 2.24) is 24.4 Å². The van der Waals surface area contributed by atoms with Gasteiger partial charge in [-0.15, -0.1) is 5.92 Å². The molecule has 4 rings (SSSR count). The summed E-state index contributed by atoms with van der Waals surface area (Å²) in [6.07, 6.45) is -5.41. The Morgan fingerprint density at radius 2 is 1.94 bits per heavy atom. The van der Waals surface area contributed by atoms with E-state index in [1.54, 1.807) is 18.5 Å². The number of cyclic esters (lactones) is 1. The van der Waals surface area contributed by atoms with Crippen LogP contribution in [0.3, 0.4) is 0 Å². The molecule has 2 aliphatic rings. The van der Waals surface area contributed by atoms with E-state index in [-0.39, 0.29) is 17.2 Å². The van der Waals surface area contributed by atoms with E-state index in [1.165, 1.54) is 4.57 Å². The van der Waals surface area contributed by atoms with E-state index in [9.17, 15) is 22.8 Å². The normalized spacial score (nSPS) is 17.8. The molecule has 35 heavy (non-hydrogen) atoms. The van der Waals surface area contributed by atoms with Crippen molar-refractivity contribution in [3.05, 3.63) is 10.4 Å². The lowest BCUT2D eigenvalue weighted by Crippen LogP contribution is -2.44. The molecule has 15 heteroatoms. The maximum atomic E-state index is 13.1. The molecule has 0 bridgehead atoms. The molecular weight excluding hydrogens is 477 g/mol. The van der Waals surface area contributed by atoms with Gasteiger partial charge in [0.05, 0.1) is 13.2 Å². The number of fused-ring (bicyclic) bond motifs is 1. The fraction of sp³-hybridized carbons (Fsp3) is 0.550. The van der Waals surface area contributed by atoms with Gasteiger partial charge in [-0.25, -0.2) is 9.59 Å². The molecule has 0 radical (unpaired) electrons. The Kier molecular flexibility index (Phi) is 7.85. The third kappa shape index (κ3) is 5.83. The molecule has 1 unspecified atom stereocenters. The molecule has 12 nitrogen and oxygen atoms in total. The van der Waals surface area contributed by atoms with Crippen molar-refractivity contribution in [2.24, 2.45) is 7.05 Å². The van der Waals surface area contributed by atoms with Crippen LogP contribution in [0.5, 0.6) is 6.01 Å². The summed E-state index contributed by atoms with van der Waals surface area (Å²) in [5.41, 5.74) is 0.370. The second-order valence-corrected chi connectivity index (χ2v) is 7.46. The average molecular weight is 500 g/mol. The Bertz CT molecular complexity index is 1220. The molecular formula is C20H23F3N6O6. The van der Waals surface area contributed by atoms with E-state index in [0.717, 1.165) is 26.2 Å². The first-order valence-electron chi connectivity index (χ1n) is 10.5. The molecule has 2 aliphatic heterocycles. The van der Waals surface area contributed by atoms with Gasteiger partial charge in [-0.1, -0.05) is 5.92 Å². The third-order valence-corrected chi connectivity index (χ3v) is 5.12. The Morgan fingerprint density at radius 1 is 1.29 bits per heavy atom. The van der Waals surface area contributed by atoms with Crippen LogP contribution in [-0.2, 0) is 27.9 Å². The highest BCUT2D eigenvalue weighted by molar-refractivity contribution is 5.77. The van der Waals surface area contributed by atoms with Gasteiger partial charge >= 0.3 is 24.1 Å². The first-order valence-corrected chi connectivity index (χ1v) is 10.5. The van der Waals surface area contributed by atoms with Crippen molar-refractivity contribution in [3.8, 4) is 17.9 Å². The fourth-order valence-electron chi connectivity index (χ4n) is 3.36. The van der Waals surface area contributed by atoms with Gasteiger partial charge in [-0.3, -0.25) is 13.9 Å². The monoisotopic (exact) mass is 500 g/mol. The van der Waals surface area contributed by atoms with Crippen LogP contribution in [0.15, 0.2) is 4.79 Å². The molecule has 190 valence electrons. The highest BCUT2D eigenvalue weighted by Crippen LogP contribution is 2.22. The zero-order valence-corrected chi connectivity index (χ0v) is 18.9. The summed E-state index contributed by atoms with van der Waals surface area (Å²) < 4.78 is 45.4. The minimum absolute atomic E-state index is 0.0550. The van der Waals surface area contributed by atoms with Crippen molar-refractivity contribution in [2.45, 2.75) is 32.2 Å². The number of nitrogens with zero attached hydrogens (tertiary/aromatic N) is 5. The molecule has 2 fully saturated rings. The number of carbonyl (C=O) groups is 2. The van der Waals surface area contributed by atoms with E-state index in [1.807, 2.05) is 0 Å². The van der Waals surface area contributed by atoms with Crippen LogP contribution in [-0.4, -0.2) is 81.2 Å². The predicted octanol–water partition coefficient (Wildman–Crippen LogP) is -0.109. The fourth-order valence-corrected chi connectivity index (χ4v) is 3.36. The summed E-state index contributed by atoms with van der Waals surface area (Å²) in [7, 11) is 1.57. The summed E-state index contributed by atoms with van der Waals surface area (Å²) in [6.45, 7) is 5.64. The topological polar surface area (TPSA) is 141 Å². The number of carboxylic acid groups (broad SMARTS) is 1. The predicted molar refractivity (Wildman–Crippen MR) is 115 cm³/mol. The molecule has 0 amide bonds. The van der Waals surface area contributed by atoms with Gasteiger partial charge in [0.2, 0.25) is 12.1 Å². The van der Waals surface area contributed by atoms with Crippen LogP contribution in [0.1, 0.15) is 13.3 Å². The molecule has 2 aromatic heterocycles.